The monoisotopic (exact) mass is 442 g/mol. The molecule has 0 fully saturated rings. The number of aliphatic imine (C=N–C) groups is 1. The molecule has 0 saturated heterocycles. The second-order valence-corrected chi connectivity index (χ2v) is 8.31. The second kappa shape index (κ2) is 9.59. The van der Waals surface area contributed by atoms with E-state index in [2.05, 4.69) is 79.8 Å². The zero-order chi connectivity index (χ0) is 23.3. The molecular formula is C30H26N4. The highest BCUT2D eigenvalue weighted by Gasteiger charge is 2.18. The van der Waals surface area contributed by atoms with Crippen LogP contribution in [0.1, 0.15) is 11.1 Å². The minimum Gasteiger partial charge on any atom is -0.325 e. The Bertz CT molecular complexity index is 1400. The van der Waals surface area contributed by atoms with E-state index in [1.807, 2.05) is 59.4 Å². The van der Waals surface area contributed by atoms with Gasteiger partial charge in [-0.2, -0.15) is 0 Å². The quantitative estimate of drug-likeness (QED) is 0.231. The Kier molecular flexibility index (Phi) is 6.04. The van der Waals surface area contributed by atoms with Crippen LogP contribution in [0.4, 0.5) is 11.4 Å². The summed E-state index contributed by atoms with van der Waals surface area (Å²) in [6.07, 6.45) is 1.85. The number of nitrogens with one attached hydrogen (secondary N) is 1. The van der Waals surface area contributed by atoms with Gasteiger partial charge in [0.15, 0.2) is 0 Å². The summed E-state index contributed by atoms with van der Waals surface area (Å²) < 4.78 is 2.04. The van der Waals surface area contributed by atoms with Crippen LogP contribution in [0.25, 0.3) is 22.5 Å². The van der Waals surface area contributed by atoms with Crippen molar-refractivity contribution >= 4 is 17.3 Å². The highest BCUT2D eigenvalue weighted by atomic mass is 15.2. The first-order chi connectivity index (χ1) is 16.7. The molecule has 166 valence electrons. The number of rotatable bonds is 4. The number of hydrogen-bond donors (Lipinski definition) is 1. The van der Waals surface area contributed by atoms with Crippen LogP contribution in [0.3, 0.4) is 0 Å². The van der Waals surface area contributed by atoms with Gasteiger partial charge in [0.25, 0.3) is 0 Å². The van der Waals surface area contributed by atoms with Crippen molar-refractivity contribution < 1.29 is 0 Å². The molecule has 0 amide bonds. The van der Waals surface area contributed by atoms with Gasteiger partial charge in [-0.05, 0) is 38.1 Å². The molecule has 5 aromatic rings. The number of aromatic nitrogens is 2. The average molecular weight is 443 g/mol. The summed E-state index contributed by atoms with van der Waals surface area (Å²) in [6.45, 7) is 4.16. The Morgan fingerprint density at radius 2 is 1.24 bits per heavy atom. The maximum atomic E-state index is 5.01. The fourth-order valence-corrected chi connectivity index (χ4v) is 3.84. The molecule has 0 aliphatic carbocycles. The Labute approximate surface area is 200 Å². The Hall–Kier alpha value is -4.44. The third-order valence-corrected chi connectivity index (χ3v) is 5.67. The lowest BCUT2D eigenvalue weighted by Gasteiger charge is -2.15. The van der Waals surface area contributed by atoms with Crippen LogP contribution >= 0.6 is 0 Å². The molecule has 1 N–H and O–H groups in total. The topological polar surface area (TPSA) is 42.2 Å². The van der Waals surface area contributed by atoms with Crippen molar-refractivity contribution in [1.82, 2.24) is 9.55 Å². The largest absolute Gasteiger partial charge is 0.325 e. The summed E-state index contributed by atoms with van der Waals surface area (Å²) in [5.41, 5.74) is 8.27. The van der Waals surface area contributed by atoms with Crippen molar-refractivity contribution in [2.75, 3.05) is 5.32 Å². The van der Waals surface area contributed by atoms with Crippen LogP contribution in [-0.4, -0.2) is 15.5 Å². The fourth-order valence-electron chi connectivity index (χ4n) is 3.84. The molecule has 0 unspecified atom stereocenters. The number of imidazole rings is 1. The van der Waals surface area contributed by atoms with Crippen molar-refractivity contribution in [3.63, 3.8) is 0 Å². The van der Waals surface area contributed by atoms with Crippen LogP contribution in [0.2, 0.25) is 0 Å². The molecule has 0 saturated carbocycles. The highest BCUT2D eigenvalue weighted by molar-refractivity contribution is 6.01. The van der Waals surface area contributed by atoms with Gasteiger partial charge in [0, 0.05) is 16.8 Å². The first kappa shape index (κ1) is 21.4. The number of benzene rings is 4. The maximum Gasteiger partial charge on any atom is 0.213 e. The molecular weight excluding hydrogens is 416 g/mol. The minimum atomic E-state index is 0.682. The van der Waals surface area contributed by atoms with Crippen LogP contribution in [-0.2, 0) is 0 Å². The van der Waals surface area contributed by atoms with E-state index in [1.165, 1.54) is 11.1 Å². The summed E-state index contributed by atoms with van der Waals surface area (Å²) in [5.74, 6) is 0.682. The number of nitrogens with zero attached hydrogens (tertiary/aromatic N) is 3. The van der Waals surface area contributed by atoms with E-state index in [0.717, 1.165) is 33.9 Å². The van der Waals surface area contributed by atoms with Gasteiger partial charge in [-0.25, -0.2) is 9.98 Å². The zero-order valence-electron chi connectivity index (χ0n) is 19.3. The summed E-state index contributed by atoms with van der Waals surface area (Å²) in [4.78, 5) is 9.85. The predicted octanol–water partition coefficient (Wildman–Crippen LogP) is 7.48. The van der Waals surface area contributed by atoms with E-state index >= 15 is 0 Å². The maximum absolute atomic E-state index is 5.01. The molecule has 4 aromatic carbocycles. The number of anilines is 1. The molecule has 0 aliphatic heterocycles. The van der Waals surface area contributed by atoms with Gasteiger partial charge in [-0.15, -0.1) is 0 Å². The lowest BCUT2D eigenvalue weighted by atomic mass is 10.0. The lowest BCUT2D eigenvalue weighted by molar-refractivity contribution is 1.12. The molecule has 1 heterocycles. The molecule has 5 rings (SSSR count). The SMILES string of the molecule is Cc1ccc(N=C(Nc2ccc(C)cc2)n2cnc(-c3ccccc3)c2-c2ccccc2)cc1. The van der Waals surface area contributed by atoms with E-state index in [9.17, 15) is 0 Å². The van der Waals surface area contributed by atoms with Crippen molar-refractivity contribution in [3.8, 4) is 22.5 Å². The van der Waals surface area contributed by atoms with E-state index in [4.69, 9.17) is 9.98 Å². The Morgan fingerprint density at radius 3 is 1.85 bits per heavy atom. The van der Waals surface area contributed by atoms with Crippen LogP contribution in [0.5, 0.6) is 0 Å². The fraction of sp³-hybridized carbons (Fsp3) is 0.0667. The van der Waals surface area contributed by atoms with Gasteiger partial charge in [0.1, 0.15) is 6.33 Å². The average Bonchev–Trinajstić information content (AvgIpc) is 3.32. The van der Waals surface area contributed by atoms with Gasteiger partial charge < -0.3 is 5.32 Å². The van der Waals surface area contributed by atoms with Gasteiger partial charge in [0.2, 0.25) is 5.96 Å². The van der Waals surface area contributed by atoms with Crippen molar-refractivity contribution in [1.29, 1.82) is 0 Å². The van der Waals surface area contributed by atoms with Crippen molar-refractivity contribution in [2.45, 2.75) is 13.8 Å². The van der Waals surface area contributed by atoms with E-state index in [0.29, 0.717) is 5.96 Å². The highest BCUT2D eigenvalue weighted by Crippen LogP contribution is 2.31. The van der Waals surface area contributed by atoms with Gasteiger partial charge in [0.05, 0.1) is 17.1 Å². The third-order valence-electron chi connectivity index (χ3n) is 5.67. The molecule has 4 heteroatoms. The standard InChI is InChI=1S/C30H26N4/c1-22-13-17-26(18-14-22)32-30(33-27-19-15-23(2)16-20-27)34-21-31-28(24-9-5-3-6-10-24)29(34)25-11-7-4-8-12-25/h3-21H,1-2H3,(H,32,33). The van der Waals surface area contributed by atoms with Crippen LogP contribution in [0.15, 0.2) is 121 Å². The molecule has 1 aromatic heterocycles. The Morgan fingerprint density at radius 1 is 0.676 bits per heavy atom. The first-order valence-electron chi connectivity index (χ1n) is 11.3. The van der Waals surface area contributed by atoms with Gasteiger partial charge in [-0.3, -0.25) is 4.57 Å². The molecule has 4 nitrogen and oxygen atoms in total. The van der Waals surface area contributed by atoms with E-state index in [-0.39, 0.29) is 0 Å². The molecule has 0 bridgehead atoms. The van der Waals surface area contributed by atoms with Crippen molar-refractivity contribution in [3.05, 3.63) is 127 Å². The zero-order valence-corrected chi connectivity index (χ0v) is 19.3. The molecule has 0 radical (unpaired) electrons. The predicted molar refractivity (Wildman–Crippen MR) is 142 cm³/mol. The van der Waals surface area contributed by atoms with Gasteiger partial charge >= 0.3 is 0 Å². The van der Waals surface area contributed by atoms with Crippen LogP contribution < -0.4 is 5.32 Å². The smallest absolute Gasteiger partial charge is 0.213 e. The molecule has 0 spiro atoms. The summed E-state index contributed by atoms with van der Waals surface area (Å²) in [6, 6.07) is 37.1. The third kappa shape index (κ3) is 4.66. The molecule has 0 atom stereocenters. The number of aryl methyl sites for hydroxylation is 2. The van der Waals surface area contributed by atoms with Crippen LogP contribution in [0, 0.1) is 13.8 Å². The summed E-state index contributed by atoms with van der Waals surface area (Å²) in [5, 5.41) is 3.53. The number of hydrogen-bond acceptors (Lipinski definition) is 2. The van der Waals surface area contributed by atoms with Gasteiger partial charge in [-0.1, -0.05) is 96.1 Å². The summed E-state index contributed by atoms with van der Waals surface area (Å²) >= 11 is 0. The Balaban J connectivity index is 1.69. The van der Waals surface area contributed by atoms with Crippen molar-refractivity contribution in [2.24, 2.45) is 4.99 Å². The first-order valence-corrected chi connectivity index (χ1v) is 11.3. The molecule has 0 aliphatic rings. The lowest BCUT2D eigenvalue weighted by Crippen LogP contribution is -2.22. The molecule has 34 heavy (non-hydrogen) atoms. The minimum absolute atomic E-state index is 0.682. The second-order valence-electron chi connectivity index (χ2n) is 8.31. The normalized spacial score (nSPS) is 11.4. The van der Waals surface area contributed by atoms with E-state index < -0.39 is 0 Å². The summed E-state index contributed by atoms with van der Waals surface area (Å²) in [7, 11) is 0. The van der Waals surface area contributed by atoms with E-state index in [1.54, 1.807) is 0 Å².